The van der Waals surface area contributed by atoms with Crippen molar-refractivity contribution in [3.8, 4) is 0 Å². The van der Waals surface area contributed by atoms with Crippen molar-refractivity contribution in [1.29, 1.82) is 0 Å². The molecular weight excluding hydrogens is 232 g/mol. The minimum Gasteiger partial charge on any atom is -0.310 e. The van der Waals surface area contributed by atoms with Crippen LogP contribution in [0.1, 0.15) is 76.0 Å². The first-order valence-corrected chi connectivity index (χ1v) is 7.93. The molecule has 0 fully saturated rings. The van der Waals surface area contributed by atoms with E-state index in [0.717, 1.165) is 6.54 Å². The smallest absolute Gasteiger partial charge is 0.0338 e. The van der Waals surface area contributed by atoms with E-state index in [9.17, 15) is 0 Å². The van der Waals surface area contributed by atoms with Crippen LogP contribution >= 0.6 is 0 Å². The van der Waals surface area contributed by atoms with Crippen LogP contribution in [-0.4, -0.2) is 11.5 Å². The van der Waals surface area contributed by atoms with Gasteiger partial charge in [-0.1, -0.05) is 46.0 Å². The molecule has 0 bridgehead atoms. The van der Waals surface area contributed by atoms with Crippen molar-refractivity contribution in [2.45, 2.75) is 71.8 Å². The van der Waals surface area contributed by atoms with E-state index in [-0.39, 0.29) is 0 Å². The van der Waals surface area contributed by atoms with Crippen LogP contribution in [0.15, 0.2) is 18.5 Å². The first-order valence-electron chi connectivity index (χ1n) is 7.93. The molecule has 1 unspecified atom stereocenters. The summed E-state index contributed by atoms with van der Waals surface area (Å²) in [5.41, 5.74) is 2.74. The minimum atomic E-state index is 0.482. The Morgan fingerprint density at radius 2 is 1.89 bits per heavy atom. The zero-order valence-electron chi connectivity index (χ0n) is 12.9. The SMILES string of the molecule is CCCCCCCC(NCCC)c1cnccc1C. The molecule has 0 aliphatic rings. The summed E-state index contributed by atoms with van der Waals surface area (Å²) >= 11 is 0. The first-order chi connectivity index (χ1) is 9.29. The summed E-state index contributed by atoms with van der Waals surface area (Å²) in [7, 11) is 0. The fourth-order valence-electron chi connectivity index (χ4n) is 2.48. The number of rotatable bonds is 10. The third kappa shape index (κ3) is 6.20. The van der Waals surface area contributed by atoms with Gasteiger partial charge in [0.05, 0.1) is 0 Å². The summed E-state index contributed by atoms with van der Waals surface area (Å²) in [6.07, 6.45) is 13.1. The lowest BCUT2D eigenvalue weighted by Gasteiger charge is -2.20. The minimum absolute atomic E-state index is 0.482. The standard InChI is InChI=1S/C17H30N2/c1-4-6-7-8-9-10-17(19-12-5-2)16-14-18-13-11-15(16)3/h11,13-14,17,19H,4-10,12H2,1-3H3. The van der Waals surface area contributed by atoms with Crippen molar-refractivity contribution in [1.82, 2.24) is 10.3 Å². The van der Waals surface area contributed by atoms with E-state index < -0.39 is 0 Å². The van der Waals surface area contributed by atoms with Gasteiger partial charge in [0, 0.05) is 18.4 Å². The van der Waals surface area contributed by atoms with Crippen molar-refractivity contribution in [3.05, 3.63) is 29.6 Å². The predicted octanol–water partition coefficient (Wildman–Crippen LogP) is 4.79. The molecule has 0 spiro atoms. The monoisotopic (exact) mass is 262 g/mol. The number of nitrogens with one attached hydrogen (secondary N) is 1. The van der Waals surface area contributed by atoms with Gasteiger partial charge in [-0.3, -0.25) is 4.98 Å². The van der Waals surface area contributed by atoms with E-state index in [1.165, 1.54) is 56.1 Å². The Kier molecular flexibility index (Phi) is 8.48. The summed E-state index contributed by atoms with van der Waals surface area (Å²) in [6.45, 7) is 7.77. The molecule has 1 aromatic heterocycles. The molecule has 0 saturated heterocycles. The zero-order chi connectivity index (χ0) is 13.9. The maximum Gasteiger partial charge on any atom is 0.0338 e. The Morgan fingerprint density at radius 3 is 2.58 bits per heavy atom. The van der Waals surface area contributed by atoms with Gasteiger partial charge in [0.15, 0.2) is 0 Å². The molecule has 0 saturated carbocycles. The van der Waals surface area contributed by atoms with E-state index in [2.05, 4.69) is 37.1 Å². The summed E-state index contributed by atoms with van der Waals surface area (Å²) < 4.78 is 0. The Bertz CT molecular complexity index is 336. The Labute approximate surface area is 119 Å². The van der Waals surface area contributed by atoms with Crippen molar-refractivity contribution in [2.24, 2.45) is 0 Å². The fraction of sp³-hybridized carbons (Fsp3) is 0.706. The number of pyridine rings is 1. The first kappa shape index (κ1) is 16.2. The van der Waals surface area contributed by atoms with Gasteiger partial charge in [0.25, 0.3) is 0 Å². The molecule has 0 radical (unpaired) electrons. The molecule has 1 N–H and O–H groups in total. The van der Waals surface area contributed by atoms with Gasteiger partial charge in [-0.2, -0.15) is 0 Å². The van der Waals surface area contributed by atoms with Crippen LogP contribution in [0.25, 0.3) is 0 Å². The topological polar surface area (TPSA) is 24.9 Å². The van der Waals surface area contributed by atoms with Crippen LogP contribution in [0.3, 0.4) is 0 Å². The average molecular weight is 262 g/mol. The van der Waals surface area contributed by atoms with Crippen LogP contribution in [0.2, 0.25) is 0 Å². The third-order valence-electron chi connectivity index (χ3n) is 3.69. The van der Waals surface area contributed by atoms with Crippen molar-refractivity contribution < 1.29 is 0 Å². The highest BCUT2D eigenvalue weighted by molar-refractivity contribution is 5.24. The van der Waals surface area contributed by atoms with Crippen LogP contribution in [0.4, 0.5) is 0 Å². The molecule has 1 aromatic rings. The van der Waals surface area contributed by atoms with Gasteiger partial charge in [-0.05, 0) is 43.5 Å². The van der Waals surface area contributed by atoms with E-state index in [0.29, 0.717) is 6.04 Å². The summed E-state index contributed by atoms with van der Waals surface area (Å²) in [4.78, 5) is 4.29. The average Bonchev–Trinajstić information content (AvgIpc) is 2.43. The Hall–Kier alpha value is -0.890. The second-order valence-corrected chi connectivity index (χ2v) is 5.44. The summed E-state index contributed by atoms with van der Waals surface area (Å²) in [5, 5.41) is 3.68. The number of unbranched alkanes of at least 4 members (excludes halogenated alkanes) is 4. The molecule has 108 valence electrons. The van der Waals surface area contributed by atoms with Gasteiger partial charge in [-0.25, -0.2) is 0 Å². The maximum atomic E-state index is 4.29. The van der Waals surface area contributed by atoms with Crippen molar-refractivity contribution in [2.75, 3.05) is 6.54 Å². The molecule has 1 heterocycles. The van der Waals surface area contributed by atoms with Gasteiger partial charge in [0.1, 0.15) is 0 Å². The number of aryl methyl sites for hydroxylation is 1. The second kappa shape index (κ2) is 9.96. The molecule has 0 amide bonds. The highest BCUT2D eigenvalue weighted by atomic mass is 14.9. The van der Waals surface area contributed by atoms with Gasteiger partial charge in [-0.15, -0.1) is 0 Å². The Morgan fingerprint density at radius 1 is 1.11 bits per heavy atom. The highest BCUT2D eigenvalue weighted by Gasteiger charge is 2.12. The van der Waals surface area contributed by atoms with Crippen LogP contribution in [0.5, 0.6) is 0 Å². The quantitative estimate of drug-likeness (QED) is 0.613. The third-order valence-corrected chi connectivity index (χ3v) is 3.69. The van der Waals surface area contributed by atoms with Crippen molar-refractivity contribution in [3.63, 3.8) is 0 Å². The molecule has 19 heavy (non-hydrogen) atoms. The largest absolute Gasteiger partial charge is 0.310 e. The number of nitrogens with zero attached hydrogens (tertiary/aromatic N) is 1. The molecular formula is C17H30N2. The molecule has 0 aromatic carbocycles. The van der Waals surface area contributed by atoms with Gasteiger partial charge < -0.3 is 5.32 Å². The molecule has 1 rings (SSSR count). The fourth-order valence-corrected chi connectivity index (χ4v) is 2.48. The number of aromatic nitrogens is 1. The Balaban J connectivity index is 2.49. The maximum absolute atomic E-state index is 4.29. The van der Waals surface area contributed by atoms with Gasteiger partial charge >= 0.3 is 0 Å². The van der Waals surface area contributed by atoms with E-state index in [1.54, 1.807) is 0 Å². The molecule has 0 aliphatic heterocycles. The highest BCUT2D eigenvalue weighted by Crippen LogP contribution is 2.22. The summed E-state index contributed by atoms with van der Waals surface area (Å²) in [6, 6.07) is 2.60. The number of hydrogen-bond donors (Lipinski definition) is 1. The molecule has 2 nitrogen and oxygen atoms in total. The lowest BCUT2D eigenvalue weighted by molar-refractivity contribution is 0.465. The van der Waals surface area contributed by atoms with Crippen LogP contribution in [-0.2, 0) is 0 Å². The number of hydrogen-bond acceptors (Lipinski definition) is 2. The predicted molar refractivity (Wildman–Crippen MR) is 83.4 cm³/mol. The van der Waals surface area contributed by atoms with E-state index in [1.807, 2.05) is 12.4 Å². The second-order valence-electron chi connectivity index (χ2n) is 5.44. The van der Waals surface area contributed by atoms with Crippen molar-refractivity contribution >= 4 is 0 Å². The lowest BCUT2D eigenvalue weighted by atomic mass is 9.97. The zero-order valence-corrected chi connectivity index (χ0v) is 12.9. The summed E-state index contributed by atoms with van der Waals surface area (Å²) in [5.74, 6) is 0. The van der Waals surface area contributed by atoms with Crippen LogP contribution in [0, 0.1) is 6.92 Å². The van der Waals surface area contributed by atoms with E-state index in [4.69, 9.17) is 0 Å². The molecule has 2 heteroatoms. The van der Waals surface area contributed by atoms with Gasteiger partial charge in [0.2, 0.25) is 0 Å². The van der Waals surface area contributed by atoms with E-state index >= 15 is 0 Å². The molecule has 0 aliphatic carbocycles. The molecule has 1 atom stereocenters. The van der Waals surface area contributed by atoms with Crippen LogP contribution < -0.4 is 5.32 Å². The normalized spacial score (nSPS) is 12.6. The lowest BCUT2D eigenvalue weighted by Crippen LogP contribution is -2.23.